The predicted octanol–water partition coefficient (Wildman–Crippen LogP) is 10.5. The Morgan fingerprint density at radius 1 is 0.595 bits per heavy atom. The highest BCUT2D eigenvalue weighted by Crippen LogP contribution is 2.35. The summed E-state index contributed by atoms with van der Waals surface area (Å²) in [6.07, 6.45) is 6.66. The second-order valence-electron chi connectivity index (χ2n) is 9.62. The maximum atomic E-state index is 13.8. The van der Waals surface area contributed by atoms with Crippen molar-refractivity contribution in [3.63, 3.8) is 0 Å². The van der Waals surface area contributed by atoms with Crippen LogP contribution in [0.5, 0.6) is 0 Å². The normalized spacial score (nSPS) is 12.2. The highest BCUT2D eigenvalue weighted by Gasteiger charge is 2.15. The maximum Gasteiger partial charge on any atom is 0.0846 e. The van der Waals surface area contributed by atoms with Crippen molar-refractivity contribution in [3.05, 3.63) is 181 Å². The Balaban J connectivity index is 1.40. The van der Waals surface area contributed by atoms with Gasteiger partial charge in [-0.1, -0.05) is 92.4 Å². The summed E-state index contributed by atoms with van der Waals surface area (Å²) in [5.74, 6) is 0. The van der Waals surface area contributed by atoms with E-state index >= 15 is 0 Å². The summed E-state index contributed by atoms with van der Waals surface area (Å²) >= 11 is 0. The monoisotopic (exact) mass is 566 g/mol. The van der Waals surface area contributed by atoms with Crippen LogP contribution in [-0.4, -0.2) is 4.21 Å². The summed E-state index contributed by atoms with van der Waals surface area (Å²) in [5.41, 5.74) is 5.93. The van der Waals surface area contributed by atoms with Gasteiger partial charge in [0.15, 0.2) is 0 Å². The smallest absolute Gasteiger partial charge is 0.0846 e. The van der Waals surface area contributed by atoms with E-state index in [1.807, 2.05) is 115 Å². The minimum Gasteiger partial charge on any atom is -0.311 e. The summed E-state index contributed by atoms with van der Waals surface area (Å²) in [7, 11) is -1.35. The lowest BCUT2D eigenvalue weighted by Gasteiger charge is -2.25. The second kappa shape index (κ2) is 14.1. The van der Waals surface area contributed by atoms with Crippen molar-refractivity contribution in [2.75, 3.05) is 9.80 Å². The first kappa shape index (κ1) is 28.6. The van der Waals surface area contributed by atoms with Crippen molar-refractivity contribution in [2.45, 2.75) is 18.2 Å². The fraction of sp³-hybridized carbons (Fsp3) is 0.0526. The largest absolute Gasteiger partial charge is 0.311 e. The highest BCUT2D eigenvalue weighted by molar-refractivity contribution is 7.89. The standard InChI is InChI=1S/C38H34N2OS/c1-3-16-37(28-25-31(2)39(32-17-8-4-9-18-32)33-19-10-5-11-20-33)42(41)38-29-26-36(27-30-38)40(34-21-12-6-13-22-34)35-23-14-7-15-24-35/h4-30H,2-3H2,1H3/b28-25-,37-16+. The number of allylic oxidation sites excluding steroid dienone is 3. The van der Waals surface area contributed by atoms with Gasteiger partial charge in [0, 0.05) is 43.9 Å². The number of para-hydroxylation sites is 4. The number of nitrogens with zero attached hydrogens (tertiary/aromatic N) is 2. The molecule has 1 atom stereocenters. The Kier molecular flexibility index (Phi) is 9.61. The Bertz CT molecular complexity index is 1580. The molecule has 0 saturated heterocycles. The predicted molar refractivity (Wildman–Crippen MR) is 179 cm³/mol. The van der Waals surface area contributed by atoms with Gasteiger partial charge in [-0.15, -0.1) is 0 Å². The van der Waals surface area contributed by atoms with Crippen molar-refractivity contribution in [3.8, 4) is 0 Å². The van der Waals surface area contributed by atoms with Crippen molar-refractivity contribution >= 4 is 39.2 Å². The molecule has 42 heavy (non-hydrogen) atoms. The Hall–Kier alpha value is -4.93. The maximum absolute atomic E-state index is 13.8. The summed E-state index contributed by atoms with van der Waals surface area (Å²) in [4.78, 5) is 5.79. The molecule has 4 heteroatoms. The Morgan fingerprint density at radius 3 is 1.43 bits per heavy atom. The molecule has 0 radical (unpaired) electrons. The molecule has 3 nitrogen and oxygen atoms in total. The van der Waals surface area contributed by atoms with E-state index in [-0.39, 0.29) is 0 Å². The lowest BCUT2D eigenvalue weighted by Crippen LogP contribution is -2.14. The molecule has 0 aliphatic heterocycles. The molecule has 0 bridgehead atoms. The topological polar surface area (TPSA) is 23.6 Å². The van der Waals surface area contributed by atoms with Crippen molar-refractivity contribution in [2.24, 2.45) is 0 Å². The lowest BCUT2D eigenvalue weighted by molar-refractivity contribution is 0.687. The van der Waals surface area contributed by atoms with Crippen LogP contribution in [0.1, 0.15) is 13.3 Å². The number of benzene rings is 5. The van der Waals surface area contributed by atoms with Crippen molar-refractivity contribution < 1.29 is 4.21 Å². The van der Waals surface area contributed by atoms with Gasteiger partial charge in [0.1, 0.15) is 0 Å². The molecule has 0 N–H and O–H groups in total. The highest BCUT2D eigenvalue weighted by atomic mass is 32.2. The zero-order valence-electron chi connectivity index (χ0n) is 23.7. The molecule has 0 aliphatic rings. The molecule has 0 saturated carbocycles. The molecular weight excluding hydrogens is 532 g/mol. The average molecular weight is 567 g/mol. The molecule has 208 valence electrons. The third kappa shape index (κ3) is 6.85. The van der Waals surface area contributed by atoms with E-state index in [9.17, 15) is 4.21 Å². The summed E-state index contributed by atoms with van der Waals surface area (Å²) < 4.78 is 13.8. The molecule has 0 fully saturated rings. The molecule has 5 aromatic rings. The molecule has 1 unspecified atom stereocenters. The van der Waals surface area contributed by atoms with E-state index in [0.717, 1.165) is 50.4 Å². The first-order valence-corrected chi connectivity index (χ1v) is 15.2. The van der Waals surface area contributed by atoms with Crippen LogP contribution in [0.3, 0.4) is 0 Å². The lowest BCUT2D eigenvalue weighted by atomic mass is 10.2. The summed E-state index contributed by atoms with van der Waals surface area (Å²) in [6, 6.07) is 48.8. The van der Waals surface area contributed by atoms with Gasteiger partial charge in [-0.05, 0) is 91.4 Å². The van der Waals surface area contributed by atoms with Gasteiger partial charge in [-0.3, -0.25) is 0 Å². The van der Waals surface area contributed by atoms with Crippen LogP contribution in [0.4, 0.5) is 28.4 Å². The van der Waals surface area contributed by atoms with E-state index in [1.54, 1.807) is 0 Å². The number of rotatable bonds is 11. The molecule has 0 amide bonds. The second-order valence-corrected chi connectivity index (χ2v) is 11.1. The minimum atomic E-state index is -1.35. The van der Waals surface area contributed by atoms with Crippen LogP contribution < -0.4 is 9.80 Å². The molecule has 5 rings (SSSR count). The molecule has 0 aliphatic carbocycles. The molecule has 0 aromatic heterocycles. The molecular formula is C38H34N2OS. The molecule has 0 heterocycles. The first-order chi connectivity index (χ1) is 20.7. The zero-order valence-corrected chi connectivity index (χ0v) is 24.5. The SMILES string of the molecule is C=C(/C=C\C(=C/CC)S(=O)c1ccc(N(c2ccccc2)c2ccccc2)cc1)N(c1ccccc1)c1ccccc1. The van der Waals surface area contributed by atoms with E-state index in [1.165, 1.54) is 0 Å². The van der Waals surface area contributed by atoms with Crippen molar-refractivity contribution in [1.82, 2.24) is 0 Å². The Morgan fingerprint density at radius 2 is 1.00 bits per heavy atom. The quantitative estimate of drug-likeness (QED) is 0.149. The van der Waals surface area contributed by atoms with Crippen LogP contribution in [-0.2, 0) is 10.8 Å². The van der Waals surface area contributed by atoms with Crippen LogP contribution in [0.15, 0.2) is 186 Å². The molecule has 5 aromatic carbocycles. The first-order valence-electron chi connectivity index (χ1n) is 14.0. The fourth-order valence-corrected chi connectivity index (χ4v) is 5.92. The van der Waals surface area contributed by atoms with Gasteiger partial charge in [0.2, 0.25) is 0 Å². The summed E-state index contributed by atoms with van der Waals surface area (Å²) in [6.45, 7) is 6.42. The van der Waals surface area contributed by atoms with Gasteiger partial charge < -0.3 is 9.80 Å². The Labute approximate surface area is 251 Å². The van der Waals surface area contributed by atoms with E-state index in [0.29, 0.717) is 0 Å². The zero-order chi connectivity index (χ0) is 29.1. The third-order valence-corrected chi connectivity index (χ3v) is 8.14. The minimum absolute atomic E-state index is 0.746. The number of hydrogen-bond donors (Lipinski definition) is 0. The van der Waals surface area contributed by atoms with Crippen LogP contribution >= 0.6 is 0 Å². The van der Waals surface area contributed by atoms with Gasteiger partial charge in [-0.2, -0.15) is 0 Å². The van der Waals surface area contributed by atoms with Gasteiger partial charge in [-0.25, -0.2) is 4.21 Å². The van der Waals surface area contributed by atoms with Crippen LogP contribution in [0.25, 0.3) is 0 Å². The van der Waals surface area contributed by atoms with Crippen LogP contribution in [0, 0.1) is 0 Å². The van der Waals surface area contributed by atoms with E-state index in [2.05, 4.69) is 71.8 Å². The third-order valence-electron chi connectivity index (χ3n) is 6.71. The molecule has 0 spiro atoms. The van der Waals surface area contributed by atoms with Gasteiger partial charge >= 0.3 is 0 Å². The van der Waals surface area contributed by atoms with Crippen molar-refractivity contribution in [1.29, 1.82) is 0 Å². The van der Waals surface area contributed by atoms with E-state index < -0.39 is 10.8 Å². The van der Waals surface area contributed by atoms with Crippen LogP contribution in [0.2, 0.25) is 0 Å². The fourth-order valence-electron chi connectivity index (χ4n) is 4.75. The summed E-state index contributed by atoms with van der Waals surface area (Å²) in [5, 5.41) is 0. The van der Waals surface area contributed by atoms with Gasteiger partial charge in [0.25, 0.3) is 0 Å². The van der Waals surface area contributed by atoms with Gasteiger partial charge in [0.05, 0.1) is 10.8 Å². The average Bonchev–Trinajstić information content (AvgIpc) is 3.05. The van der Waals surface area contributed by atoms with E-state index in [4.69, 9.17) is 0 Å². The number of anilines is 5. The number of hydrogen-bond acceptors (Lipinski definition) is 3.